The van der Waals surface area contributed by atoms with E-state index < -0.39 is 6.36 Å². The van der Waals surface area contributed by atoms with E-state index in [9.17, 15) is 13.2 Å². The van der Waals surface area contributed by atoms with Gasteiger partial charge < -0.3 is 9.47 Å². The quantitative estimate of drug-likeness (QED) is 0.625. The highest BCUT2D eigenvalue weighted by Gasteiger charge is 2.30. The summed E-state index contributed by atoms with van der Waals surface area (Å²) < 4.78 is 45.8. The topological polar surface area (TPSA) is 18.5 Å². The van der Waals surface area contributed by atoms with Gasteiger partial charge in [-0.15, -0.1) is 13.2 Å². The smallest absolute Gasteiger partial charge is 0.490 e. The first kappa shape index (κ1) is 17.7. The van der Waals surface area contributed by atoms with Crippen LogP contribution in [0.1, 0.15) is 6.92 Å². The highest BCUT2D eigenvalue weighted by molar-refractivity contribution is 5.64. The summed E-state index contributed by atoms with van der Waals surface area (Å²) in [6.07, 6.45) is 2.96. The van der Waals surface area contributed by atoms with Gasteiger partial charge in [0, 0.05) is 0 Å². The van der Waals surface area contributed by atoms with Gasteiger partial charge in [0.25, 0.3) is 0 Å². The molecule has 0 aliphatic heterocycles. The molecule has 0 bridgehead atoms. The number of allylic oxidation sites excluding steroid dienone is 3. The largest absolute Gasteiger partial charge is 0.573 e. The van der Waals surface area contributed by atoms with Crippen LogP contribution in [0, 0.1) is 0 Å². The van der Waals surface area contributed by atoms with Gasteiger partial charge in [-0.25, -0.2) is 0 Å². The molecule has 0 aliphatic rings. The van der Waals surface area contributed by atoms with E-state index in [1.807, 2.05) is 55.5 Å². The summed E-state index contributed by atoms with van der Waals surface area (Å²) in [6, 6.07) is 13.1. The molecule has 0 atom stereocenters. The molecule has 2 nitrogen and oxygen atoms in total. The standard InChI is InChI=1S/C19H17F3O2/c1-2-3-4-5-14-23-17-10-6-15(7-11-17)16-8-12-18(13-9-16)24-19(20,21)22/h2-13H,14H2,1H3. The fraction of sp³-hybridized carbons (Fsp3) is 0.158. The van der Waals surface area contributed by atoms with E-state index in [1.54, 1.807) is 12.1 Å². The Morgan fingerprint density at radius 1 is 0.833 bits per heavy atom. The minimum atomic E-state index is -4.68. The van der Waals surface area contributed by atoms with E-state index in [2.05, 4.69) is 4.74 Å². The van der Waals surface area contributed by atoms with E-state index in [0.29, 0.717) is 6.61 Å². The zero-order valence-electron chi connectivity index (χ0n) is 13.1. The molecule has 126 valence electrons. The molecule has 0 aliphatic carbocycles. The van der Waals surface area contributed by atoms with Gasteiger partial charge in [0.1, 0.15) is 18.1 Å². The third-order valence-corrected chi connectivity index (χ3v) is 3.06. The third kappa shape index (κ3) is 5.83. The van der Waals surface area contributed by atoms with Crippen molar-refractivity contribution in [1.82, 2.24) is 0 Å². The van der Waals surface area contributed by atoms with Crippen molar-refractivity contribution in [3.05, 3.63) is 72.8 Å². The average molecular weight is 334 g/mol. The second-order valence-corrected chi connectivity index (χ2v) is 4.86. The van der Waals surface area contributed by atoms with Crippen LogP contribution in [0.15, 0.2) is 72.8 Å². The number of hydrogen-bond donors (Lipinski definition) is 0. The van der Waals surface area contributed by atoms with Crippen LogP contribution in [0.2, 0.25) is 0 Å². The van der Waals surface area contributed by atoms with E-state index in [-0.39, 0.29) is 5.75 Å². The van der Waals surface area contributed by atoms with Crippen LogP contribution in [0.3, 0.4) is 0 Å². The van der Waals surface area contributed by atoms with Crippen molar-refractivity contribution < 1.29 is 22.6 Å². The molecule has 2 aromatic carbocycles. The van der Waals surface area contributed by atoms with Crippen LogP contribution < -0.4 is 9.47 Å². The SMILES string of the molecule is CC=CC=CCOc1ccc(-c2ccc(OC(F)(F)F)cc2)cc1. The minimum absolute atomic E-state index is 0.237. The van der Waals surface area contributed by atoms with Crippen molar-refractivity contribution in [2.75, 3.05) is 6.61 Å². The van der Waals surface area contributed by atoms with Gasteiger partial charge >= 0.3 is 6.36 Å². The normalized spacial score (nSPS) is 12.0. The summed E-state index contributed by atoms with van der Waals surface area (Å²) in [5, 5.41) is 0. The number of ether oxygens (including phenoxy) is 2. The lowest BCUT2D eigenvalue weighted by molar-refractivity contribution is -0.274. The minimum Gasteiger partial charge on any atom is -0.490 e. The maximum Gasteiger partial charge on any atom is 0.573 e. The Hall–Kier alpha value is -2.69. The van der Waals surface area contributed by atoms with Gasteiger partial charge in [0.15, 0.2) is 0 Å². The van der Waals surface area contributed by atoms with Crippen molar-refractivity contribution in [1.29, 1.82) is 0 Å². The van der Waals surface area contributed by atoms with E-state index in [0.717, 1.165) is 16.9 Å². The molecule has 0 fully saturated rings. The molecule has 0 heterocycles. The monoisotopic (exact) mass is 334 g/mol. The molecule has 0 saturated heterocycles. The van der Waals surface area contributed by atoms with E-state index >= 15 is 0 Å². The Morgan fingerprint density at radius 2 is 1.38 bits per heavy atom. The first-order valence-electron chi connectivity index (χ1n) is 7.35. The van der Waals surface area contributed by atoms with Gasteiger partial charge in [-0.2, -0.15) is 0 Å². The maximum absolute atomic E-state index is 12.1. The summed E-state index contributed by atoms with van der Waals surface area (Å²) >= 11 is 0. The molecule has 0 saturated carbocycles. The van der Waals surface area contributed by atoms with Gasteiger partial charge in [-0.05, 0) is 48.4 Å². The molecule has 24 heavy (non-hydrogen) atoms. The molecule has 0 radical (unpaired) electrons. The zero-order chi connectivity index (χ0) is 17.4. The Labute approximate surface area is 138 Å². The van der Waals surface area contributed by atoms with Crippen LogP contribution >= 0.6 is 0 Å². The van der Waals surface area contributed by atoms with Crippen LogP contribution in [-0.4, -0.2) is 13.0 Å². The number of hydrogen-bond acceptors (Lipinski definition) is 2. The second kappa shape index (κ2) is 8.24. The second-order valence-electron chi connectivity index (χ2n) is 4.86. The lowest BCUT2D eigenvalue weighted by atomic mass is 10.1. The molecule has 5 heteroatoms. The molecule has 0 aromatic heterocycles. The van der Waals surface area contributed by atoms with Crippen LogP contribution in [-0.2, 0) is 0 Å². The predicted octanol–water partition coefficient (Wildman–Crippen LogP) is 5.76. The van der Waals surface area contributed by atoms with Crippen molar-refractivity contribution in [2.45, 2.75) is 13.3 Å². The summed E-state index contributed by atoms with van der Waals surface area (Å²) in [5.41, 5.74) is 1.68. The molecule has 0 N–H and O–H groups in total. The molecule has 0 amide bonds. The van der Waals surface area contributed by atoms with Gasteiger partial charge in [0.2, 0.25) is 0 Å². The molecular weight excluding hydrogens is 317 g/mol. The Bertz CT molecular complexity index is 684. The summed E-state index contributed by atoms with van der Waals surface area (Å²) in [7, 11) is 0. The van der Waals surface area contributed by atoms with E-state index in [4.69, 9.17) is 4.74 Å². The van der Waals surface area contributed by atoms with Crippen molar-refractivity contribution in [3.8, 4) is 22.6 Å². The average Bonchev–Trinajstić information content (AvgIpc) is 2.55. The number of halogens is 3. The lowest BCUT2D eigenvalue weighted by Gasteiger charge is -2.09. The number of rotatable bonds is 6. The van der Waals surface area contributed by atoms with Crippen LogP contribution in [0.4, 0.5) is 13.2 Å². The molecule has 2 aromatic rings. The summed E-state index contributed by atoms with van der Waals surface area (Å²) in [6.45, 7) is 2.40. The van der Waals surface area contributed by atoms with Crippen LogP contribution in [0.5, 0.6) is 11.5 Å². The maximum atomic E-state index is 12.1. The highest BCUT2D eigenvalue weighted by Crippen LogP contribution is 2.27. The van der Waals surface area contributed by atoms with Crippen molar-refractivity contribution >= 4 is 0 Å². The van der Waals surface area contributed by atoms with Gasteiger partial charge in [-0.1, -0.05) is 42.5 Å². The Kier molecular flexibility index (Phi) is 6.07. The first-order valence-corrected chi connectivity index (χ1v) is 7.35. The van der Waals surface area contributed by atoms with Gasteiger partial charge in [0.05, 0.1) is 0 Å². The van der Waals surface area contributed by atoms with Crippen molar-refractivity contribution in [2.24, 2.45) is 0 Å². The third-order valence-electron chi connectivity index (χ3n) is 3.06. The predicted molar refractivity (Wildman–Crippen MR) is 88.0 cm³/mol. The Morgan fingerprint density at radius 3 is 1.88 bits per heavy atom. The van der Waals surface area contributed by atoms with Gasteiger partial charge in [-0.3, -0.25) is 0 Å². The first-order chi connectivity index (χ1) is 11.5. The fourth-order valence-electron chi connectivity index (χ4n) is 1.98. The summed E-state index contributed by atoms with van der Waals surface area (Å²) in [4.78, 5) is 0. The van der Waals surface area contributed by atoms with E-state index in [1.165, 1.54) is 12.1 Å². The van der Waals surface area contributed by atoms with Crippen molar-refractivity contribution in [3.63, 3.8) is 0 Å². The Balaban J connectivity index is 1.97. The zero-order valence-corrected chi connectivity index (χ0v) is 13.1. The molecule has 0 spiro atoms. The lowest BCUT2D eigenvalue weighted by Crippen LogP contribution is -2.16. The summed E-state index contributed by atoms with van der Waals surface area (Å²) in [5.74, 6) is 0.486. The highest BCUT2D eigenvalue weighted by atomic mass is 19.4. The molecule has 2 rings (SSSR count). The molecule has 0 unspecified atom stereocenters. The number of alkyl halides is 3. The fourth-order valence-corrected chi connectivity index (χ4v) is 1.98. The number of benzene rings is 2. The molecular formula is C19H17F3O2. The van der Waals surface area contributed by atoms with Crippen LogP contribution in [0.25, 0.3) is 11.1 Å².